The second-order valence-electron chi connectivity index (χ2n) is 5.40. The third-order valence-electron chi connectivity index (χ3n) is 4.28. The van der Waals surface area contributed by atoms with Gasteiger partial charge in [-0.15, -0.1) is 0 Å². The van der Waals surface area contributed by atoms with Gasteiger partial charge in [-0.05, 0) is 31.5 Å². The molecule has 0 radical (unpaired) electrons. The number of halogens is 1. The predicted molar refractivity (Wildman–Crippen MR) is 80.8 cm³/mol. The molecular weight excluding hydrogens is 276 g/mol. The molecule has 2 fully saturated rings. The van der Waals surface area contributed by atoms with Crippen LogP contribution in [0.4, 0.5) is 5.69 Å². The van der Waals surface area contributed by atoms with Crippen molar-refractivity contribution in [1.82, 2.24) is 4.90 Å². The number of piperazine rings is 1. The van der Waals surface area contributed by atoms with Gasteiger partial charge >= 0.3 is 0 Å². The van der Waals surface area contributed by atoms with Gasteiger partial charge in [-0.1, -0.05) is 22.8 Å². The summed E-state index contributed by atoms with van der Waals surface area (Å²) in [6.45, 7) is 4.20. The monoisotopic (exact) mass is 294 g/mol. The summed E-state index contributed by atoms with van der Waals surface area (Å²) in [6, 6.07) is 6.28. The summed E-state index contributed by atoms with van der Waals surface area (Å²) in [5.74, 6) is 0.0689. The van der Waals surface area contributed by atoms with Crippen molar-refractivity contribution in [2.24, 2.45) is 10.9 Å². The van der Waals surface area contributed by atoms with E-state index in [0.29, 0.717) is 16.6 Å². The van der Waals surface area contributed by atoms with Crippen LogP contribution < -0.4 is 10.6 Å². The lowest BCUT2D eigenvalue weighted by atomic mass is 10.1. The summed E-state index contributed by atoms with van der Waals surface area (Å²) in [6.07, 6.45) is 2.52. The van der Waals surface area contributed by atoms with E-state index >= 15 is 0 Å². The van der Waals surface area contributed by atoms with E-state index in [4.69, 9.17) is 22.5 Å². The minimum atomic E-state index is 0.0689. The zero-order valence-corrected chi connectivity index (χ0v) is 12.1. The molecule has 2 aliphatic heterocycles. The Kier molecular flexibility index (Phi) is 3.72. The number of hydrogen-bond acceptors (Lipinski definition) is 4. The van der Waals surface area contributed by atoms with Crippen molar-refractivity contribution < 1.29 is 5.21 Å². The van der Waals surface area contributed by atoms with Crippen LogP contribution >= 0.6 is 11.6 Å². The lowest BCUT2D eigenvalue weighted by Gasteiger charge is -2.39. The molecule has 0 spiro atoms. The fraction of sp³-hybridized carbons (Fsp3) is 0.500. The van der Waals surface area contributed by atoms with E-state index < -0.39 is 0 Å². The number of anilines is 1. The van der Waals surface area contributed by atoms with Gasteiger partial charge in [0.15, 0.2) is 5.84 Å². The second kappa shape index (κ2) is 5.50. The number of benzene rings is 1. The van der Waals surface area contributed by atoms with Crippen LogP contribution in [0.5, 0.6) is 0 Å². The number of fused-ring (bicyclic) bond motifs is 1. The number of nitrogens with zero attached hydrogens (tertiary/aromatic N) is 3. The normalized spacial score (nSPS) is 23.9. The van der Waals surface area contributed by atoms with Gasteiger partial charge in [0.05, 0.1) is 10.6 Å². The zero-order valence-electron chi connectivity index (χ0n) is 11.3. The summed E-state index contributed by atoms with van der Waals surface area (Å²) in [4.78, 5) is 4.84. The smallest absolute Gasteiger partial charge is 0.173 e. The predicted octanol–water partition coefficient (Wildman–Crippen LogP) is 1.72. The largest absolute Gasteiger partial charge is 0.409 e. The molecule has 6 heteroatoms. The number of oxime groups is 1. The van der Waals surface area contributed by atoms with Gasteiger partial charge in [0.25, 0.3) is 0 Å². The molecule has 2 aliphatic rings. The summed E-state index contributed by atoms with van der Waals surface area (Å²) in [5, 5.41) is 12.6. The Morgan fingerprint density at radius 3 is 3.00 bits per heavy atom. The quantitative estimate of drug-likeness (QED) is 0.377. The fourth-order valence-electron chi connectivity index (χ4n) is 3.29. The molecule has 2 heterocycles. The maximum atomic E-state index is 8.96. The number of rotatable bonds is 2. The van der Waals surface area contributed by atoms with Crippen molar-refractivity contribution >= 4 is 23.1 Å². The summed E-state index contributed by atoms with van der Waals surface area (Å²) < 4.78 is 0. The first-order chi connectivity index (χ1) is 9.70. The molecule has 0 amide bonds. The highest BCUT2D eigenvalue weighted by molar-refractivity contribution is 6.34. The van der Waals surface area contributed by atoms with Crippen LogP contribution in [0.15, 0.2) is 23.4 Å². The maximum absolute atomic E-state index is 8.96. The minimum absolute atomic E-state index is 0.0689. The van der Waals surface area contributed by atoms with Crippen LogP contribution in [0.3, 0.4) is 0 Å². The van der Waals surface area contributed by atoms with Gasteiger partial charge in [-0.25, -0.2) is 0 Å². The van der Waals surface area contributed by atoms with E-state index in [-0.39, 0.29) is 5.84 Å². The van der Waals surface area contributed by atoms with E-state index in [9.17, 15) is 0 Å². The van der Waals surface area contributed by atoms with Crippen molar-refractivity contribution in [1.29, 1.82) is 0 Å². The molecule has 1 atom stereocenters. The van der Waals surface area contributed by atoms with Gasteiger partial charge < -0.3 is 15.8 Å². The molecule has 0 bridgehead atoms. The van der Waals surface area contributed by atoms with E-state index in [1.165, 1.54) is 19.4 Å². The third-order valence-corrected chi connectivity index (χ3v) is 4.60. The molecule has 0 saturated carbocycles. The highest BCUT2D eigenvalue weighted by atomic mass is 35.5. The van der Waals surface area contributed by atoms with Gasteiger partial charge in [0, 0.05) is 31.4 Å². The Hall–Kier alpha value is -1.46. The average molecular weight is 295 g/mol. The molecule has 20 heavy (non-hydrogen) atoms. The lowest BCUT2D eigenvalue weighted by molar-refractivity contribution is 0.231. The molecule has 1 aromatic rings. The van der Waals surface area contributed by atoms with Crippen LogP contribution in [-0.4, -0.2) is 48.2 Å². The maximum Gasteiger partial charge on any atom is 0.173 e. The van der Waals surface area contributed by atoms with Crippen molar-refractivity contribution in [3.8, 4) is 0 Å². The van der Waals surface area contributed by atoms with Gasteiger partial charge in [-0.2, -0.15) is 0 Å². The Balaban J connectivity index is 1.92. The number of nitrogens with two attached hydrogens (primary N) is 1. The van der Waals surface area contributed by atoms with E-state index in [2.05, 4.69) is 15.0 Å². The van der Waals surface area contributed by atoms with E-state index in [1.807, 2.05) is 12.1 Å². The lowest BCUT2D eigenvalue weighted by Crippen LogP contribution is -2.50. The van der Waals surface area contributed by atoms with Crippen molar-refractivity contribution in [2.45, 2.75) is 18.9 Å². The first kappa shape index (κ1) is 13.5. The molecule has 1 aromatic carbocycles. The highest BCUT2D eigenvalue weighted by Gasteiger charge is 2.31. The second-order valence-corrected chi connectivity index (χ2v) is 5.80. The molecule has 3 N–H and O–H groups in total. The van der Waals surface area contributed by atoms with Crippen LogP contribution in [0, 0.1) is 0 Å². The number of amidine groups is 1. The Morgan fingerprint density at radius 1 is 1.35 bits per heavy atom. The molecule has 5 nitrogen and oxygen atoms in total. The Bertz CT molecular complexity index is 534. The average Bonchev–Trinajstić information content (AvgIpc) is 2.93. The van der Waals surface area contributed by atoms with Crippen molar-refractivity contribution in [2.75, 3.05) is 31.1 Å². The van der Waals surface area contributed by atoms with Crippen LogP contribution in [0.1, 0.15) is 18.4 Å². The first-order valence-electron chi connectivity index (χ1n) is 6.96. The highest BCUT2D eigenvalue weighted by Crippen LogP contribution is 2.31. The zero-order chi connectivity index (χ0) is 14.1. The summed E-state index contributed by atoms with van der Waals surface area (Å²) in [5.41, 5.74) is 7.37. The first-order valence-corrected chi connectivity index (χ1v) is 7.34. The molecule has 108 valence electrons. The third kappa shape index (κ3) is 2.31. The van der Waals surface area contributed by atoms with Gasteiger partial charge in [-0.3, -0.25) is 4.90 Å². The SMILES string of the molecule is N/C(=N/O)c1c(Cl)cccc1N1CCN2CCCC2C1. The number of hydrogen-bond donors (Lipinski definition) is 2. The standard InChI is InChI=1S/C14H19ClN4O/c15-11-4-1-5-12(13(11)14(16)17-20)19-8-7-18-6-2-3-10(18)9-19/h1,4-5,10,20H,2-3,6-9H2,(H2,16,17). The van der Waals surface area contributed by atoms with E-state index in [1.54, 1.807) is 6.07 Å². The summed E-state index contributed by atoms with van der Waals surface area (Å²) in [7, 11) is 0. The minimum Gasteiger partial charge on any atom is -0.409 e. The molecule has 0 aliphatic carbocycles. The molecule has 1 unspecified atom stereocenters. The van der Waals surface area contributed by atoms with Gasteiger partial charge in [0.1, 0.15) is 0 Å². The topological polar surface area (TPSA) is 65.1 Å². The Morgan fingerprint density at radius 2 is 2.20 bits per heavy atom. The Labute approximate surface area is 123 Å². The van der Waals surface area contributed by atoms with Crippen LogP contribution in [0.2, 0.25) is 5.02 Å². The molecular formula is C14H19ClN4O. The van der Waals surface area contributed by atoms with Crippen LogP contribution in [-0.2, 0) is 0 Å². The van der Waals surface area contributed by atoms with Crippen LogP contribution in [0.25, 0.3) is 0 Å². The van der Waals surface area contributed by atoms with Crippen molar-refractivity contribution in [3.05, 3.63) is 28.8 Å². The molecule has 3 rings (SSSR count). The van der Waals surface area contributed by atoms with E-state index in [0.717, 1.165) is 25.3 Å². The molecule has 2 saturated heterocycles. The van der Waals surface area contributed by atoms with Crippen molar-refractivity contribution in [3.63, 3.8) is 0 Å². The molecule has 0 aromatic heterocycles. The summed E-state index contributed by atoms with van der Waals surface area (Å²) >= 11 is 6.22. The van der Waals surface area contributed by atoms with Gasteiger partial charge in [0.2, 0.25) is 0 Å². The fourth-order valence-corrected chi connectivity index (χ4v) is 3.56.